The third-order valence-electron chi connectivity index (χ3n) is 2.18. The fraction of sp³-hybridized carbons (Fsp3) is 0.273. The molecule has 0 saturated carbocycles. The van der Waals surface area contributed by atoms with E-state index in [0.717, 1.165) is 13.2 Å². The highest BCUT2D eigenvalue weighted by Gasteiger charge is 2.22. The van der Waals surface area contributed by atoms with Gasteiger partial charge in [-0.15, -0.1) is 0 Å². The normalized spacial score (nSPS) is 10.0. The summed E-state index contributed by atoms with van der Waals surface area (Å²) in [5, 5.41) is 8.83. The van der Waals surface area contributed by atoms with Gasteiger partial charge in [-0.2, -0.15) is 5.26 Å². The number of ether oxygens (including phenoxy) is 1. The summed E-state index contributed by atoms with van der Waals surface area (Å²) in [6.07, 6.45) is -2.79. The SMILES string of the molecule is COC(=O)c1c(C)ccc(C(F)F)c1C#N. The molecule has 1 aromatic carbocycles. The molecule has 0 N–H and O–H groups in total. The van der Waals surface area contributed by atoms with E-state index in [0.29, 0.717) is 5.56 Å². The highest BCUT2D eigenvalue weighted by molar-refractivity contribution is 5.94. The minimum absolute atomic E-state index is 0.0946. The number of carbonyl (C=O) groups is 1. The van der Waals surface area contributed by atoms with E-state index in [1.807, 2.05) is 0 Å². The largest absolute Gasteiger partial charge is 0.465 e. The number of aryl methyl sites for hydroxylation is 1. The smallest absolute Gasteiger partial charge is 0.339 e. The molecule has 0 aliphatic carbocycles. The number of nitrogens with zero attached hydrogens (tertiary/aromatic N) is 1. The van der Waals surface area contributed by atoms with Crippen LogP contribution in [0.15, 0.2) is 12.1 Å². The molecular weight excluding hydrogens is 216 g/mol. The Morgan fingerprint density at radius 3 is 2.56 bits per heavy atom. The lowest BCUT2D eigenvalue weighted by Crippen LogP contribution is -2.09. The predicted molar refractivity (Wildman–Crippen MR) is 52.2 cm³/mol. The Morgan fingerprint density at radius 2 is 2.12 bits per heavy atom. The molecular formula is C11H9F2NO2. The van der Waals surface area contributed by atoms with E-state index in [4.69, 9.17) is 5.26 Å². The Labute approximate surface area is 91.3 Å². The Kier molecular flexibility index (Phi) is 3.56. The molecule has 0 unspecified atom stereocenters. The number of esters is 1. The summed E-state index contributed by atoms with van der Waals surface area (Å²) in [7, 11) is 1.14. The molecule has 0 atom stereocenters. The summed E-state index contributed by atoms with van der Waals surface area (Å²) in [6, 6.07) is 4.13. The predicted octanol–water partition coefficient (Wildman–Crippen LogP) is 2.59. The van der Waals surface area contributed by atoms with E-state index in [1.54, 1.807) is 13.0 Å². The van der Waals surface area contributed by atoms with Gasteiger partial charge in [-0.3, -0.25) is 0 Å². The molecule has 0 spiro atoms. The summed E-state index contributed by atoms with van der Waals surface area (Å²) in [6.45, 7) is 1.56. The second-order valence-electron chi connectivity index (χ2n) is 3.13. The van der Waals surface area contributed by atoms with Crippen LogP contribution in [0.2, 0.25) is 0 Å². The van der Waals surface area contributed by atoms with Crippen molar-refractivity contribution in [3.05, 3.63) is 34.4 Å². The van der Waals surface area contributed by atoms with Crippen molar-refractivity contribution < 1.29 is 18.3 Å². The third-order valence-corrected chi connectivity index (χ3v) is 2.18. The van der Waals surface area contributed by atoms with Gasteiger partial charge in [0.2, 0.25) is 0 Å². The molecule has 3 nitrogen and oxygen atoms in total. The van der Waals surface area contributed by atoms with Crippen LogP contribution < -0.4 is 0 Å². The quantitative estimate of drug-likeness (QED) is 0.727. The average Bonchev–Trinajstić information content (AvgIpc) is 2.26. The molecule has 16 heavy (non-hydrogen) atoms. The van der Waals surface area contributed by atoms with Crippen LogP contribution in [-0.4, -0.2) is 13.1 Å². The summed E-state index contributed by atoms with van der Waals surface area (Å²) >= 11 is 0. The molecule has 0 aromatic heterocycles. The monoisotopic (exact) mass is 225 g/mol. The van der Waals surface area contributed by atoms with Gasteiger partial charge in [-0.1, -0.05) is 12.1 Å². The lowest BCUT2D eigenvalue weighted by molar-refractivity contribution is 0.0599. The molecule has 1 aromatic rings. The number of benzene rings is 1. The molecule has 0 heterocycles. The van der Waals surface area contributed by atoms with E-state index < -0.39 is 18.0 Å². The topological polar surface area (TPSA) is 50.1 Å². The van der Waals surface area contributed by atoms with Gasteiger partial charge in [0.15, 0.2) is 0 Å². The Morgan fingerprint density at radius 1 is 1.50 bits per heavy atom. The maximum absolute atomic E-state index is 12.6. The van der Waals surface area contributed by atoms with E-state index in [-0.39, 0.29) is 11.1 Å². The van der Waals surface area contributed by atoms with Crippen molar-refractivity contribution in [2.24, 2.45) is 0 Å². The van der Waals surface area contributed by atoms with Gasteiger partial charge in [0.1, 0.15) is 6.07 Å². The maximum atomic E-state index is 12.6. The van der Waals surface area contributed by atoms with Gasteiger partial charge in [-0.05, 0) is 12.5 Å². The molecule has 1 rings (SSSR count). The first-order valence-corrected chi connectivity index (χ1v) is 4.43. The number of nitriles is 1. The van der Waals surface area contributed by atoms with Gasteiger partial charge in [0, 0.05) is 5.56 Å². The highest BCUT2D eigenvalue weighted by atomic mass is 19.3. The van der Waals surface area contributed by atoms with Crippen LogP contribution in [0, 0.1) is 18.3 Å². The van der Waals surface area contributed by atoms with Gasteiger partial charge in [-0.25, -0.2) is 13.6 Å². The Bertz CT molecular complexity index is 464. The number of alkyl halides is 2. The van der Waals surface area contributed by atoms with Crippen molar-refractivity contribution >= 4 is 5.97 Å². The number of methoxy groups -OCH3 is 1. The first-order valence-electron chi connectivity index (χ1n) is 4.43. The van der Waals surface area contributed by atoms with Crippen molar-refractivity contribution in [1.29, 1.82) is 5.26 Å². The van der Waals surface area contributed by atoms with Gasteiger partial charge in [0.25, 0.3) is 6.43 Å². The van der Waals surface area contributed by atoms with Crippen LogP contribution in [0.1, 0.15) is 33.5 Å². The zero-order valence-corrected chi connectivity index (χ0v) is 8.75. The van der Waals surface area contributed by atoms with Crippen LogP contribution in [-0.2, 0) is 4.74 Å². The minimum atomic E-state index is -2.79. The number of hydrogen-bond acceptors (Lipinski definition) is 3. The lowest BCUT2D eigenvalue weighted by atomic mass is 9.97. The minimum Gasteiger partial charge on any atom is -0.465 e. The van der Waals surface area contributed by atoms with Crippen molar-refractivity contribution in [2.75, 3.05) is 7.11 Å². The first kappa shape index (κ1) is 12.1. The van der Waals surface area contributed by atoms with E-state index in [2.05, 4.69) is 4.74 Å². The number of hydrogen-bond donors (Lipinski definition) is 0. The van der Waals surface area contributed by atoms with E-state index >= 15 is 0 Å². The Balaban J connectivity index is 3.52. The molecule has 0 saturated heterocycles. The number of carbonyl (C=O) groups excluding carboxylic acids is 1. The average molecular weight is 225 g/mol. The van der Waals surface area contributed by atoms with E-state index in [9.17, 15) is 13.6 Å². The van der Waals surface area contributed by atoms with Crippen molar-refractivity contribution in [3.63, 3.8) is 0 Å². The fourth-order valence-electron chi connectivity index (χ4n) is 1.39. The van der Waals surface area contributed by atoms with Crippen LogP contribution >= 0.6 is 0 Å². The summed E-state index contributed by atoms with van der Waals surface area (Å²) in [4.78, 5) is 11.4. The van der Waals surface area contributed by atoms with Gasteiger partial charge >= 0.3 is 5.97 Å². The van der Waals surface area contributed by atoms with Crippen LogP contribution in [0.5, 0.6) is 0 Å². The molecule has 0 aliphatic rings. The second-order valence-corrected chi connectivity index (χ2v) is 3.13. The summed E-state index contributed by atoms with van der Waals surface area (Å²) in [5.41, 5.74) is -0.425. The van der Waals surface area contributed by atoms with Crippen molar-refractivity contribution in [1.82, 2.24) is 0 Å². The number of halogens is 2. The molecule has 0 radical (unpaired) electrons. The zero-order chi connectivity index (χ0) is 12.3. The van der Waals surface area contributed by atoms with Crippen LogP contribution in [0.3, 0.4) is 0 Å². The van der Waals surface area contributed by atoms with Gasteiger partial charge in [0.05, 0.1) is 18.2 Å². The number of rotatable bonds is 2. The molecule has 5 heteroatoms. The second kappa shape index (κ2) is 4.71. The van der Waals surface area contributed by atoms with Crippen LogP contribution in [0.25, 0.3) is 0 Å². The molecule has 0 aliphatic heterocycles. The van der Waals surface area contributed by atoms with E-state index in [1.165, 1.54) is 6.07 Å². The highest BCUT2D eigenvalue weighted by Crippen LogP contribution is 2.27. The summed E-state index contributed by atoms with van der Waals surface area (Å²) < 4.78 is 29.6. The maximum Gasteiger partial charge on any atom is 0.339 e. The van der Waals surface area contributed by atoms with Gasteiger partial charge < -0.3 is 4.74 Å². The molecule has 0 amide bonds. The Hall–Kier alpha value is -1.96. The third kappa shape index (κ3) is 2.01. The lowest BCUT2D eigenvalue weighted by Gasteiger charge is -2.09. The summed E-state index contributed by atoms with van der Waals surface area (Å²) in [5.74, 6) is -0.781. The molecule has 0 fully saturated rings. The fourth-order valence-corrected chi connectivity index (χ4v) is 1.39. The zero-order valence-electron chi connectivity index (χ0n) is 8.75. The molecule has 0 bridgehead atoms. The van der Waals surface area contributed by atoms with Crippen molar-refractivity contribution in [3.8, 4) is 6.07 Å². The first-order chi connectivity index (χ1) is 7.52. The van der Waals surface area contributed by atoms with Crippen molar-refractivity contribution in [2.45, 2.75) is 13.3 Å². The molecule has 84 valence electrons. The van der Waals surface area contributed by atoms with Crippen LogP contribution in [0.4, 0.5) is 8.78 Å². The standard InChI is InChI=1S/C11H9F2NO2/c1-6-3-4-7(10(12)13)8(5-14)9(6)11(15)16-2/h3-4,10H,1-2H3.